The van der Waals surface area contributed by atoms with Gasteiger partial charge in [0.15, 0.2) is 11.6 Å². The first-order valence-corrected chi connectivity index (χ1v) is 7.37. The van der Waals surface area contributed by atoms with E-state index in [2.05, 4.69) is 25.7 Å². The van der Waals surface area contributed by atoms with Crippen LogP contribution >= 0.6 is 11.8 Å². The number of amides is 1. The number of hydrogen-bond donors (Lipinski definition) is 1. The molecule has 3 rings (SSSR count). The van der Waals surface area contributed by atoms with Gasteiger partial charge in [0.25, 0.3) is 0 Å². The average Bonchev–Trinajstić information content (AvgIpc) is 3.18. The van der Waals surface area contributed by atoms with Crippen LogP contribution in [-0.4, -0.2) is 36.6 Å². The van der Waals surface area contributed by atoms with Gasteiger partial charge in [-0.15, -0.1) is 10.2 Å². The zero-order valence-corrected chi connectivity index (χ0v) is 12.4. The first-order valence-electron chi connectivity index (χ1n) is 6.39. The van der Waals surface area contributed by atoms with Crippen molar-refractivity contribution in [1.29, 1.82) is 0 Å². The maximum Gasteiger partial charge on any atom is 0.236 e. The van der Waals surface area contributed by atoms with Crippen LogP contribution in [-0.2, 0) is 4.79 Å². The fourth-order valence-corrected chi connectivity index (χ4v) is 2.28. The second-order valence-corrected chi connectivity index (χ2v) is 5.36. The summed E-state index contributed by atoms with van der Waals surface area (Å²) < 4.78 is 6.63. The van der Waals surface area contributed by atoms with Crippen molar-refractivity contribution < 1.29 is 9.32 Å². The van der Waals surface area contributed by atoms with Crippen molar-refractivity contribution in [1.82, 2.24) is 24.9 Å². The highest BCUT2D eigenvalue weighted by Crippen LogP contribution is 2.16. The SMILES string of the molecule is Cc1cc(NC(=O)CSc2ccc(-n3ccnc3)nn2)no1. The topological polar surface area (TPSA) is 98.7 Å². The van der Waals surface area contributed by atoms with E-state index in [1.54, 1.807) is 42.3 Å². The fourth-order valence-electron chi connectivity index (χ4n) is 1.67. The molecule has 0 radical (unpaired) electrons. The maximum atomic E-state index is 11.8. The number of aromatic nitrogens is 5. The van der Waals surface area contributed by atoms with Gasteiger partial charge in [-0.2, -0.15) is 0 Å². The lowest BCUT2D eigenvalue weighted by atomic mass is 10.5. The smallest absolute Gasteiger partial charge is 0.236 e. The fraction of sp³-hybridized carbons (Fsp3) is 0.154. The molecule has 0 bridgehead atoms. The second-order valence-electron chi connectivity index (χ2n) is 4.36. The molecule has 0 fully saturated rings. The van der Waals surface area contributed by atoms with Crippen molar-refractivity contribution in [2.45, 2.75) is 11.9 Å². The third kappa shape index (κ3) is 3.50. The van der Waals surface area contributed by atoms with E-state index in [0.29, 0.717) is 22.4 Å². The molecule has 3 aromatic rings. The van der Waals surface area contributed by atoms with Gasteiger partial charge in [-0.05, 0) is 19.1 Å². The Hall–Kier alpha value is -2.68. The molecule has 0 aliphatic carbocycles. The van der Waals surface area contributed by atoms with Gasteiger partial charge in [-0.3, -0.25) is 9.36 Å². The second kappa shape index (κ2) is 6.39. The first kappa shape index (κ1) is 14.3. The molecule has 0 unspecified atom stereocenters. The zero-order valence-electron chi connectivity index (χ0n) is 11.6. The molecule has 3 aromatic heterocycles. The van der Waals surface area contributed by atoms with Crippen molar-refractivity contribution in [3.63, 3.8) is 0 Å². The van der Waals surface area contributed by atoms with Gasteiger partial charge in [0.05, 0.1) is 5.75 Å². The summed E-state index contributed by atoms with van der Waals surface area (Å²) >= 11 is 1.29. The third-order valence-electron chi connectivity index (χ3n) is 2.64. The van der Waals surface area contributed by atoms with Crippen LogP contribution < -0.4 is 5.32 Å². The molecule has 1 amide bonds. The Labute approximate surface area is 129 Å². The van der Waals surface area contributed by atoms with Crippen LogP contribution in [0.15, 0.2) is 46.5 Å². The minimum absolute atomic E-state index is 0.182. The summed E-state index contributed by atoms with van der Waals surface area (Å²) in [6.07, 6.45) is 5.09. The molecular weight excluding hydrogens is 304 g/mol. The summed E-state index contributed by atoms with van der Waals surface area (Å²) in [5, 5.41) is 15.1. The molecule has 0 atom stereocenters. The lowest BCUT2D eigenvalue weighted by Gasteiger charge is -2.02. The van der Waals surface area contributed by atoms with Gasteiger partial charge in [-0.25, -0.2) is 4.98 Å². The number of anilines is 1. The Morgan fingerprint density at radius 3 is 2.95 bits per heavy atom. The van der Waals surface area contributed by atoms with Crippen LogP contribution in [0.25, 0.3) is 5.82 Å². The van der Waals surface area contributed by atoms with Crippen LogP contribution in [0, 0.1) is 6.92 Å². The Bertz CT molecular complexity index is 753. The van der Waals surface area contributed by atoms with E-state index in [1.807, 2.05) is 6.07 Å². The zero-order chi connectivity index (χ0) is 15.4. The molecule has 112 valence electrons. The molecule has 3 heterocycles. The first-order chi connectivity index (χ1) is 10.7. The van der Waals surface area contributed by atoms with Crippen molar-refractivity contribution >= 4 is 23.5 Å². The molecule has 0 saturated carbocycles. The predicted molar refractivity (Wildman–Crippen MR) is 79.7 cm³/mol. The summed E-state index contributed by atoms with van der Waals surface area (Å²) in [6.45, 7) is 1.76. The van der Waals surface area contributed by atoms with Crippen molar-refractivity contribution in [3.05, 3.63) is 42.7 Å². The van der Waals surface area contributed by atoms with Gasteiger partial charge in [0, 0.05) is 18.5 Å². The highest BCUT2D eigenvalue weighted by molar-refractivity contribution is 7.99. The number of aryl methyl sites for hydroxylation is 1. The molecule has 9 heteroatoms. The number of rotatable bonds is 5. The molecular formula is C13H12N6O2S. The van der Waals surface area contributed by atoms with Crippen LogP contribution in [0.3, 0.4) is 0 Å². The molecule has 0 saturated heterocycles. The van der Waals surface area contributed by atoms with E-state index < -0.39 is 0 Å². The summed E-state index contributed by atoms with van der Waals surface area (Å²) in [5.41, 5.74) is 0. The largest absolute Gasteiger partial charge is 0.360 e. The Morgan fingerprint density at radius 2 is 2.32 bits per heavy atom. The molecule has 0 aliphatic rings. The molecule has 0 aromatic carbocycles. The van der Waals surface area contributed by atoms with E-state index >= 15 is 0 Å². The van der Waals surface area contributed by atoms with Crippen LogP contribution in [0.2, 0.25) is 0 Å². The monoisotopic (exact) mass is 316 g/mol. The number of carbonyl (C=O) groups excluding carboxylic acids is 1. The van der Waals surface area contributed by atoms with Crippen LogP contribution in [0.1, 0.15) is 5.76 Å². The lowest BCUT2D eigenvalue weighted by Crippen LogP contribution is -2.14. The minimum atomic E-state index is -0.182. The Kier molecular flexibility index (Phi) is 4.15. The predicted octanol–water partition coefficient (Wildman–Crippen LogP) is 1.69. The number of thioether (sulfide) groups is 1. The standard InChI is InChI=1S/C13H12N6O2S/c1-9-6-10(18-21-9)15-12(20)7-22-13-3-2-11(16-17-13)19-5-4-14-8-19/h2-6,8H,7H2,1H3,(H,15,18,20). The number of hydrogen-bond acceptors (Lipinski definition) is 7. The third-order valence-corrected chi connectivity index (χ3v) is 3.56. The Balaban J connectivity index is 1.54. The van der Waals surface area contributed by atoms with Gasteiger partial charge in [0.1, 0.15) is 17.1 Å². The van der Waals surface area contributed by atoms with Gasteiger partial charge in [-0.1, -0.05) is 16.9 Å². The number of carbonyl (C=O) groups is 1. The van der Waals surface area contributed by atoms with Crippen molar-refractivity contribution in [2.75, 3.05) is 11.1 Å². The number of nitrogens with one attached hydrogen (secondary N) is 1. The van der Waals surface area contributed by atoms with Crippen LogP contribution in [0.5, 0.6) is 0 Å². The number of imidazole rings is 1. The molecule has 8 nitrogen and oxygen atoms in total. The average molecular weight is 316 g/mol. The Morgan fingerprint density at radius 1 is 1.41 bits per heavy atom. The minimum Gasteiger partial charge on any atom is -0.360 e. The lowest BCUT2D eigenvalue weighted by molar-refractivity contribution is -0.113. The van der Waals surface area contributed by atoms with Gasteiger partial charge >= 0.3 is 0 Å². The highest BCUT2D eigenvalue weighted by Gasteiger charge is 2.08. The van der Waals surface area contributed by atoms with Crippen molar-refractivity contribution in [3.8, 4) is 5.82 Å². The summed E-state index contributed by atoms with van der Waals surface area (Å²) in [6, 6.07) is 5.28. The van der Waals surface area contributed by atoms with E-state index in [1.165, 1.54) is 11.8 Å². The summed E-state index contributed by atoms with van der Waals surface area (Å²) in [4.78, 5) is 15.7. The molecule has 0 spiro atoms. The van der Waals surface area contributed by atoms with E-state index in [9.17, 15) is 4.79 Å². The molecule has 22 heavy (non-hydrogen) atoms. The van der Waals surface area contributed by atoms with E-state index in [4.69, 9.17) is 4.52 Å². The summed E-state index contributed by atoms with van der Waals surface area (Å²) in [7, 11) is 0. The van der Waals surface area contributed by atoms with Crippen LogP contribution in [0.4, 0.5) is 5.82 Å². The molecule has 1 N–H and O–H groups in total. The highest BCUT2D eigenvalue weighted by atomic mass is 32.2. The van der Waals surface area contributed by atoms with E-state index in [0.717, 1.165) is 0 Å². The molecule has 0 aliphatic heterocycles. The van der Waals surface area contributed by atoms with Crippen molar-refractivity contribution in [2.24, 2.45) is 0 Å². The van der Waals surface area contributed by atoms with Gasteiger partial charge in [0.2, 0.25) is 5.91 Å². The van der Waals surface area contributed by atoms with Gasteiger partial charge < -0.3 is 9.84 Å². The number of nitrogens with zero attached hydrogens (tertiary/aromatic N) is 5. The maximum absolute atomic E-state index is 11.8. The van der Waals surface area contributed by atoms with E-state index in [-0.39, 0.29) is 11.7 Å². The normalized spacial score (nSPS) is 10.6. The summed E-state index contributed by atoms with van der Waals surface area (Å²) in [5.74, 6) is 1.75. The quantitative estimate of drug-likeness (QED) is 0.715.